The Morgan fingerprint density at radius 3 is 2.74 bits per heavy atom. The number of ether oxygens (including phenoxy) is 1. The lowest BCUT2D eigenvalue weighted by molar-refractivity contribution is -0.144. The Bertz CT molecular complexity index is 444. The zero-order valence-electron chi connectivity index (χ0n) is 11.2. The van der Waals surface area contributed by atoms with Crippen LogP contribution in [0.15, 0.2) is 35.2 Å². The Kier molecular flexibility index (Phi) is 5.14. The molecule has 0 bridgehead atoms. The third kappa shape index (κ3) is 3.66. The summed E-state index contributed by atoms with van der Waals surface area (Å²) in [6.07, 6.45) is 3.36. The van der Waals surface area contributed by atoms with Gasteiger partial charge in [-0.05, 0) is 37.8 Å². The largest absolute Gasteiger partial charge is 0.466 e. The quantitative estimate of drug-likeness (QED) is 0.779. The molecule has 1 unspecified atom stereocenters. The Hall–Kier alpha value is -1.16. The SMILES string of the molecule is CCOC(=O)C[C@@H]1CCC[C@@H]1S(=O)c1ccccc1. The van der Waals surface area contributed by atoms with Crippen LogP contribution in [0.1, 0.15) is 32.6 Å². The fraction of sp³-hybridized carbons (Fsp3) is 0.533. The average molecular weight is 280 g/mol. The molecule has 0 aliphatic heterocycles. The highest BCUT2D eigenvalue weighted by atomic mass is 32.2. The molecule has 1 saturated carbocycles. The summed E-state index contributed by atoms with van der Waals surface area (Å²) >= 11 is 0. The molecule has 1 aromatic carbocycles. The fourth-order valence-corrected chi connectivity index (χ4v) is 4.42. The maximum atomic E-state index is 12.6. The maximum Gasteiger partial charge on any atom is 0.306 e. The summed E-state index contributed by atoms with van der Waals surface area (Å²) < 4.78 is 17.6. The molecule has 19 heavy (non-hydrogen) atoms. The van der Waals surface area contributed by atoms with Crippen LogP contribution < -0.4 is 0 Å². The molecule has 0 spiro atoms. The van der Waals surface area contributed by atoms with Gasteiger partial charge in [0.05, 0.1) is 17.4 Å². The normalized spacial score (nSPS) is 24.1. The molecule has 3 atom stereocenters. The van der Waals surface area contributed by atoms with E-state index >= 15 is 0 Å². The van der Waals surface area contributed by atoms with Gasteiger partial charge >= 0.3 is 5.97 Å². The van der Waals surface area contributed by atoms with E-state index < -0.39 is 10.8 Å². The van der Waals surface area contributed by atoms with Crippen LogP contribution in [0.3, 0.4) is 0 Å². The molecule has 4 heteroatoms. The Morgan fingerprint density at radius 1 is 1.32 bits per heavy atom. The summed E-state index contributed by atoms with van der Waals surface area (Å²) in [7, 11) is -1.02. The van der Waals surface area contributed by atoms with E-state index in [1.165, 1.54) is 0 Å². The highest BCUT2D eigenvalue weighted by molar-refractivity contribution is 7.85. The van der Waals surface area contributed by atoms with E-state index in [1.807, 2.05) is 37.3 Å². The molecule has 0 saturated heterocycles. The zero-order valence-corrected chi connectivity index (χ0v) is 12.0. The molecule has 3 nitrogen and oxygen atoms in total. The van der Waals surface area contributed by atoms with Crippen LogP contribution >= 0.6 is 0 Å². The number of hydrogen-bond donors (Lipinski definition) is 0. The Labute approximate surface area is 116 Å². The minimum absolute atomic E-state index is 0.0896. The van der Waals surface area contributed by atoms with Crippen molar-refractivity contribution in [2.24, 2.45) is 5.92 Å². The molecular weight excluding hydrogens is 260 g/mol. The van der Waals surface area contributed by atoms with Gasteiger partial charge in [-0.25, -0.2) is 0 Å². The molecule has 0 heterocycles. The van der Waals surface area contributed by atoms with Crippen molar-refractivity contribution in [3.8, 4) is 0 Å². The summed E-state index contributed by atoms with van der Waals surface area (Å²) in [4.78, 5) is 12.4. The minimum Gasteiger partial charge on any atom is -0.466 e. The first-order valence-corrected chi connectivity index (χ1v) is 8.05. The highest BCUT2D eigenvalue weighted by Crippen LogP contribution is 2.34. The van der Waals surface area contributed by atoms with Gasteiger partial charge in [-0.15, -0.1) is 0 Å². The van der Waals surface area contributed by atoms with Gasteiger partial charge in [-0.1, -0.05) is 24.6 Å². The number of esters is 1. The average Bonchev–Trinajstić information content (AvgIpc) is 2.87. The fourth-order valence-electron chi connectivity index (χ4n) is 2.68. The summed E-state index contributed by atoms with van der Waals surface area (Å²) in [5.74, 6) is 0.0320. The Morgan fingerprint density at radius 2 is 2.05 bits per heavy atom. The van der Waals surface area contributed by atoms with Gasteiger partial charge in [0.1, 0.15) is 0 Å². The van der Waals surface area contributed by atoms with Crippen molar-refractivity contribution in [3.05, 3.63) is 30.3 Å². The maximum absolute atomic E-state index is 12.6. The van der Waals surface area contributed by atoms with E-state index in [4.69, 9.17) is 4.74 Å². The van der Waals surface area contributed by atoms with Crippen LogP contribution in [0.5, 0.6) is 0 Å². The van der Waals surface area contributed by atoms with E-state index in [1.54, 1.807) is 0 Å². The van der Waals surface area contributed by atoms with E-state index in [0.29, 0.717) is 13.0 Å². The molecule has 0 aromatic heterocycles. The summed E-state index contributed by atoms with van der Waals surface area (Å²) in [5.41, 5.74) is 0. The van der Waals surface area contributed by atoms with E-state index in [-0.39, 0.29) is 17.1 Å². The monoisotopic (exact) mass is 280 g/mol. The van der Waals surface area contributed by atoms with E-state index in [0.717, 1.165) is 24.2 Å². The lowest BCUT2D eigenvalue weighted by Gasteiger charge is -2.18. The van der Waals surface area contributed by atoms with E-state index in [9.17, 15) is 9.00 Å². The van der Waals surface area contributed by atoms with Gasteiger partial charge in [-0.3, -0.25) is 9.00 Å². The van der Waals surface area contributed by atoms with E-state index in [2.05, 4.69) is 0 Å². The lowest BCUT2D eigenvalue weighted by Crippen LogP contribution is -2.23. The Balaban J connectivity index is 2.02. The van der Waals surface area contributed by atoms with Crippen LogP contribution in [0, 0.1) is 5.92 Å². The van der Waals surface area contributed by atoms with Crippen LogP contribution in [-0.2, 0) is 20.3 Å². The predicted molar refractivity (Wildman–Crippen MR) is 75.2 cm³/mol. The number of carbonyl (C=O) groups is 1. The summed E-state index contributed by atoms with van der Waals surface area (Å²) in [5, 5.41) is 0.0896. The molecule has 104 valence electrons. The third-order valence-corrected chi connectivity index (χ3v) is 5.48. The first-order chi connectivity index (χ1) is 9.22. The number of carbonyl (C=O) groups excluding carboxylic acids is 1. The summed E-state index contributed by atoms with van der Waals surface area (Å²) in [6, 6.07) is 9.53. The van der Waals surface area contributed by atoms with Crippen molar-refractivity contribution in [1.82, 2.24) is 0 Å². The number of hydrogen-bond acceptors (Lipinski definition) is 3. The van der Waals surface area contributed by atoms with Gasteiger partial charge in [0.15, 0.2) is 0 Å². The van der Waals surface area contributed by atoms with Crippen molar-refractivity contribution in [2.75, 3.05) is 6.61 Å². The highest BCUT2D eigenvalue weighted by Gasteiger charge is 2.34. The van der Waals surface area contributed by atoms with Gasteiger partial charge in [0.2, 0.25) is 0 Å². The number of benzene rings is 1. The standard InChI is InChI=1S/C15H20O3S/c1-2-18-15(16)11-12-7-6-10-14(12)19(17)13-8-4-3-5-9-13/h3-5,8-9,12,14H,2,6-7,10-11H2,1H3/t12-,14-,19?/m0/s1. The predicted octanol–water partition coefficient (Wildman–Crippen LogP) is 2.92. The topological polar surface area (TPSA) is 43.4 Å². The molecule has 1 aliphatic rings. The van der Waals surface area contributed by atoms with Crippen LogP contribution in [0.2, 0.25) is 0 Å². The van der Waals surface area contributed by atoms with Gasteiger partial charge < -0.3 is 4.74 Å². The molecule has 1 aliphatic carbocycles. The molecule has 0 amide bonds. The third-order valence-electron chi connectivity index (χ3n) is 3.57. The van der Waals surface area contributed by atoms with Gasteiger partial charge in [0.25, 0.3) is 0 Å². The van der Waals surface area contributed by atoms with Crippen molar-refractivity contribution in [2.45, 2.75) is 42.8 Å². The van der Waals surface area contributed by atoms with Crippen LogP contribution in [0.4, 0.5) is 0 Å². The van der Waals surface area contributed by atoms with Crippen molar-refractivity contribution in [1.29, 1.82) is 0 Å². The molecule has 1 aromatic rings. The lowest BCUT2D eigenvalue weighted by atomic mass is 10.0. The second-order valence-corrected chi connectivity index (χ2v) is 6.52. The smallest absolute Gasteiger partial charge is 0.306 e. The van der Waals surface area contributed by atoms with Crippen molar-refractivity contribution >= 4 is 16.8 Å². The minimum atomic E-state index is -1.02. The first kappa shape index (κ1) is 14.3. The molecule has 1 fully saturated rings. The molecular formula is C15H20O3S. The second-order valence-electron chi connectivity index (χ2n) is 4.85. The van der Waals surface area contributed by atoms with Crippen molar-refractivity contribution < 1.29 is 13.7 Å². The van der Waals surface area contributed by atoms with Crippen LogP contribution in [-0.4, -0.2) is 22.0 Å². The van der Waals surface area contributed by atoms with Crippen LogP contribution in [0.25, 0.3) is 0 Å². The zero-order chi connectivity index (χ0) is 13.7. The van der Waals surface area contributed by atoms with Gasteiger partial charge in [-0.2, -0.15) is 0 Å². The molecule has 2 rings (SSSR count). The number of rotatable bonds is 5. The first-order valence-electron chi connectivity index (χ1n) is 6.83. The van der Waals surface area contributed by atoms with Gasteiger partial charge in [0, 0.05) is 16.6 Å². The molecule has 0 radical (unpaired) electrons. The van der Waals surface area contributed by atoms with Crippen molar-refractivity contribution in [3.63, 3.8) is 0 Å². The molecule has 0 N–H and O–H groups in total. The second kappa shape index (κ2) is 6.85. The summed E-state index contributed by atoms with van der Waals surface area (Å²) in [6.45, 7) is 2.23.